The van der Waals surface area contributed by atoms with Gasteiger partial charge in [-0.1, -0.05) is 43.2 Å². The van der Waals surface area contributed by atoms with Gasteiger partial charge in [0.1, 0.15) is 0 Å². The van der Waals surface area contributed by atoms with Gasteiger partial charge in [-0.25, -0.2) is 0 Å². The second-order valence-corrected chi connectivity index (χ2v) is 7.92. The van der Waals surface area contributed by atoms with Gasteiger partial charge in [0.2, 0.25) is 11.8 Å². The fourth-order valence-electron chi connectivity index (χ4n) is 5.33. The molecule has 4 nitrogen and oxygen atoms in total. The molecule has 2 heterocycles. The van der Waals surface area contributed by atoms with Crippen molar-refractivity contribution in [3.05, 3.63) is 35.9 Å². The van der Waals surface area contributed by atoms with Crippen LogP contribution in [-0.4, -0.2) is 29.8 Å². The third-order valence-corrected chi connectivity index (χ3v) is 6.30. The first-order valence-corrected chi connectivity index (χ1v) is 9.26. The van der Waals surface area contributed by atoms with E-state index >= 15 is 0 Å². The second-order valence-electron chi connectivity index (χ2n) is 7.92. The van der Waals surface area contributed by atoms with Gasteiger partial charge in [0.25, 0.3) is 0 Å². The summed E-state index contributed by atoms with van der Waals surface area (Å²) in [7, 11) is 0. The smallest absolute Gasteiger partial charge is 0.230 e. The average molecular weight is 326 g/mol. The number of nitrogens with one attached hydrogen (secondary N) is 1. The summed E-state index contributed by atoms with van der Waals surface area (Å²) in [5, 5.41) is 2.63. The standard InChI is InChI=1S/C20H26N2O2/c23-17-12-20(18(19(24)21-17)16-8-4-5-9-16)10-11-22(14-20)13-15-6-2-1-3-7-15/h1-3,6-7,16,18H,4-5,8-14H2,(H,21,23,24). The van der Waals surface area contributed by atoms with Crippen molar-refractivity contribution in [2.24, 2.45) is 17.3 Å². The topological polar surface area (TPSA) is 49.4 Å². The molecule has 1 saturated carbocycles. The van der Waals surface area contributed by atoms with Crippen LogP contribution in [0.4, 0.5) is 0 Å². The van der Waals surface area contributed by atoms with E-state index in [0.29, 0.717) is 12.3 Å². The number of carbonyl (C=O) groups is 2. The van der Waals surface area contributed by atoms with E-state index in [9.17, 15) is 9.59 Å². The normalized spacial score (nSPS) is 31.8. The maximum absolute atomic E-state index is 12.7. The van der Waals surface area contributed by atoms with Crippen molar-refractivity contribution in [2.75, 3.05) is 13.1 Å². The number of nitrogens with zero attached hydrogens (tertiary/aromatic N) is 1. The highest BCUT2D eigenvalue weighted by Gasteiger charge is 2.54. The monoisotopic (exact) mass is 326 g/mol. The summed E-state index contributed by atoms with van der Waals surface area (Å²) in [5.74, 6) is 0.420. The van der Waals surface area contributed by atoms with Gasteiger partial charge >= 0.3 is 0 Å². The molecule has 0 aromatic heterocycles. The molecule has 1 spiro atoms. The summed E-state index contributed by atoms with van der Waals surface area (Å²) < 4.78 is 0. The average Bonchev–Trinajstić information content (AvgIpc) is 3.19. The predicted octanol–water partition coefficient (Wildman–Crippen LogP) is 2.73. The number of hydrogen-bond donors (Lipinski definition) is 1. The number of rotatable bonds is 3. The molecule has 0 bridgehead atoms. The zero-order valence-corrected chi connectivity index (χ0v) is 14.2. The first kappa shape index (κ1) is 15.8. The second kappa shape index (κ2) is 6.32. The Morgan fingerprint density at radius 2 is 1.88 bits per heavy atom. The van der Waals surface area contributed by atoms with Crippen LogP contribution < -0.4 is 5.32 Å². The van der Waals surface area contributed by atoms with Gasteiger partial charge in [0.05, 0.1) is 0 Å². The highest BCUT2D eigenvalue weighted by molar-refractivity contribution is 6.00. The molecule has 1 aliphatic carbocycles. The Kier molecular flexibility index (Phi) is 4.17. The summed E-state index contributed by atoms with van der Waals surface area (Å²) >= 11 is 0. The lowest BCUT2D eigenvalue weighted by Crippen LogP contribution is -2.55. The van der Waals surface area contributed by atoms with E-state index in [1.54, 1.807) is 0 Å². The van der Waals surface area contributed by atoms with Crippen LogP contribution in [0.1, 0.15) is 44.1 Å². The predicted molar refractivity (Wildman–Crippen MR) is 92.0 cm³/mol. The van der Waals surface area contributed by atoms with E-state index in [2.05, 4.69) is 34.5 Å². The van der Waals surface area contributed by atoms with E-state index in [-0.39, 0.29) is 23.1 Å². The van der Waals surface area contributed by atoms with Crippen LogP contribution in [0.15, 0.2) is 30.3 Å². The van der Waals surface area contributed by atoms with Crippen molar-refractivity contribution in [2.45, 2.75) is 45.1 Å². The molecule has 2 atom stereocenters. The minimum Gasteiger partial charge on any atom is -0.298 e. The van der Waals surface area contributed by atoms with Gasteiger partial charge in [-0.05, 0) is 37.3 Å². The highest BCUT2D eigenvalue weighted by atomic mass is 16.2. The van der Waals surface area contributed by atoms with Gasteiger partial charge in [-0.2, -0.15) is 0 Å². The molecule has 4 rings (SSSR count). The largest absolute Gasteiger partial charge is 0.298 e. The Morgan fingerprint density at radius 1 is 1.12 bits per heavy atom. The fourth-order valence-corrected chi connectivity index (χ4v) is 5.33. The van der Waals surface area contributed by atoms with Crippen molar-refractivity contribution < 1.29 is 9.59 Å². The quantitative estimate of drug-likeness (QED) is 0.869. The Morgan fingerprint density at radius 3 is 2.62 bits per heavy atom. The van der Waals surface area contributed by atoms with E-state index < -0.39 is 0 Å². The molecule has 2 aliphatic heterocycles. The van der Waals surface area contributed by atoms with Crippen molar-refractivity contribution in [3.8, 4) is 0 Å². The van der Waals surface area contributed by atoms with Gasteiger partial charge < -0.3 is 0 Å². The van der Waals surface area contributed by atoms with Crippen LogP contribution in [0.25, 0.3) is 0 Å². The lowest BCUT2D eigenvalue weighted by molar-refractivity contribution is -0.145. The van der Waals surface area contributed by atoms with Crippen molar-refractivity contribution >= 4 is 11.8 Å². The Labute approximate surface area is 143 Å². The van der Waals surface area contributed by atoms with Crippen molar-refractivity contribution in [3.63, 3.8) is 0 Å². The summed E-state index contributed by atoms with van der Waals surface area (Å²) in [4.78, 5) is 27.2. The van der Waals surface area contributed by atoms with Gasteiger partial charge in [-0.15, -0.1) is 0 Å². The molecule has 2 saturated heterocycles. The molecule has 3 aliphatic rings. The Bertz CT molecular complexity index is 624. The molecule has 2 amide bonds. The molecule has 0 radical (unpaired) electrons. The van der Waals surface area contributed by atoms with E-state index in [1.807, 2.05) is 6.07 Å². The van der Waals surface area contributed by atoms with E-state index in [1.165, 1.54) is 18.4 Å². The number of benzene rings is 1. The molecule has 1 aromatic carbocycles. The number of piperidine rings is 1. The Hall–Kier alpha value is -1.68. The molecule has 3 fully saturated rings. The van der Waals surface area contributed by atoms with Gasteiger partial charge in [0, 0.05) is 30.8 Å². The van der Waals surface area contributed by atoms with E-state index in [0.717, 1.165) is 38.9 Å². The Balaban J connectivity index is 1.54. The number of imide groups is 1. The first-order chi connectivity index (χ1) is 11.7. The number of amides is 2. The van der Waals surface area contributed by atoms with Crippen LogP contribution in [0.5, 0.6) is 0 Å². The molecule has 2 unspecified atom stereocenters. The van der Waals surface area contributed by atoms with Crippen LogP contribution in [0.2, 0.25) is 0 Å². The lowest BCUT2D eigenvalue weighted by atomic mass is 9.64. The van der Waals surface area contributed by atoms with Crippen LogP contribution in [0.3, 0.4) is 0 Å². The molecule has 4 heteroatoms. The molecule has 1 N–H and O–H groups in total. The number of carbonyl (C=O) groups excluding carboxylic acids is 2. The third-order valence-electron chi connectivity index (χ3n) is 6.30. The third kappa shape index (κ3) is 2.88. The maximum atomic E-state index is 12.7. The molecule has 24 heavy (non-hydrogen) atoms. The van der Waals surface area contributed by atoms with Gasteiger partial charge in [-0.3, -0.25) is 19.8 Å². The minimum atomic E-state index is -0.136. The van der Waals surface area contributed by atoms with Crippen LogP contribution >= 0.6 is 0 Å². The highest BCUT2D eigenvalue weighted by Crippen LogP contribution is 2.50. The van der Waals surface area contributed by atoms with Gasteiger partial charge in [0.15, 0.2) is 0 Å². The summed E-state index contributed by atoms with van der Waals surface area (Å²) in [6.45, 7) is 2.77. The molecular weight excluding hydrogens is 300 g/mol. The fraction of sp³-hybridized carbons (Fsp3) is 0.600. The summed E-state index contributed by atoms with van der Waals surface area (Å²) in [6.07, 6.45) is 6.24. The zero-order chi connectivity index (χ0) is 16.6. The summed E-state index contributed by atoms with van der Waals surface area (Å²) in [5.41, 5.74) is 1.17. The summed E-state index contributed by atoms with van der Waals surface area (Å²) in [6, 6.07) is 10.5. The lowest BCUT2D eigenvalue weighted by Gasteiger charge is -2.42. The molecule has 1 aromatic rings. The van der Waals surface area contributed by atoms with E-state index in [4.69, 9.17) is 0 Å². The molecular formula is C20H26N2O2. The first-order valence-electron chi connectivity index (χ1n) is 9.26. The number of hydrogen-bond acceptors (Lipinski definition) is 3. The minimum absolute atomic E-state index is 0.000267. The zero-order valence-electron chi connectivity index (χ0n) is 14.2. The SMILES string of the molecule is O=C1CC2(CCN(Cc3ccccc3)C2)C(C2CCCC2)C(=O)N1. The molecule has 128 valence electrons. The maximum Gasteiger partial charge on any atom is 0.230 e. The van der Waals surface area contributed by atoms with Crippen molar-refractivity contribution in [1.82, 2.24) is 10.2 Å². The number of likely N-dealkylation sites (tertiary alicyclic amines) is 1. The van der Waals surface area contributed by atoms with Crippen LogP contribution in [0, 0.1) is 17.3 Å². The van der Waals surface area contributed by atoms with Crippen molar-refractivity contribution in [1.29, 1.82) is 0 Å². The van der Waals surface area contributed by atoms with Crippen LogP contribution in [-0.2, 0) is 16.1 Å².